The number of nitrogens with two attached hydrogens (primary N) is 1. The van der Waals surface area contributed by atoms with Gasteiger partial charge in [-0.1, -0.05) is 12.1 Å². The molecule has 75 valence electrons. The van der Waals surface area contributed by atoms with E-state index in [2.05, 4.69) is 0 Å². The number of aromatic hydroxyl groups is 1. The Bertz CT molecular complexity index is 331. The van der Waals surface area contributed by atoms with Crippen LogP contribution in [0.2, 0.25) is 0 Å². The maximum atomic E-state index is 11.2. The summed E-state index contributed by atoms with van der Waals surface area (Å²) in [5, 5.41) is 28.6. The molecule has 0 aliphatic carbocycles. The fourth-order valence-electron chi connectivity index (χ4n) is 0.993. The normalized spacial score (nSPS) is 14.7. The van der Waals surface area contributed by atoms with Gasteiger partial charge in [-0.05, 0) is 17.7 Å². The molecule has 0 fully saturated rings. The van der Waals surface area contributed by atoms with Crippen LogP contribution < -0.4 is 5.73 Å². The Labute approximate surface area is 80.4 Å². The van der Waals surface area contributed by atoms with Crippen LogP contribution in [-0.4, -0.2) is 21.9 Å². The van der Waals surface area contributed by atoms with Gasteiger partial charge in [0.2, 0.25) is 0 Å². The van der Waals surface area contributed by atoms with Crippen molar-refractivity contribution in [3.05, 3.63) is 29.8 Å². The van der Waals surface area contributed by atoms with Crippen molar-refractivity contribution < 1.29 is 20.1 Å². The smallest absolute Gasteiger partial charge is 0.354 e. The average molecular weight is 196 g/mol. The molecule has 1 rings (SSSR count). The van der Waals surface area contributed by atoms with E-state index in [9.17, 15) is 9.90 Å². The van der Waals surface area contributed by atoms with Crippen LogP contribution in [0.15, 0.2) is 24.3 Å². The Balaban J connectivity index is 2.79. The molecule has 0 aliphatic rings. The number of hydrogen-bond donors (Lipinski definition) is 3. The minimum atomic E-state index is -2.52. The molecule has 0 aromatic heterocycles. The molecule has 0 spiro atoms. The summed E-state index contributed by atoms with van der Waals surface area (Å²) < 4.78 is 0. The van der Waals surface area contributed by atoms with E-state index in [0.717, 1.165) is 0 Å². The van der Waals surface area contributed by atoms with Crippen LogP contribution in [0.4, 0.5) is 0 Å². The first-order valence-electron chi connectivity index (χ1n) is 3.92. The van der Waals surface area contributed by atoms with Gasteiger partial charge in [0.15, 0.2) is 0 Å². The van der Waals surface area contributed by atoms with Gasteiger partial charge >= 0.3 is 5.97 Å². The van der Waals surface area contributed by atoms with Crippen molar-refractivity contribution in [3.8, 4) is 5.75 Å². The van der Waals surface area contributed by atoms with Crippen molar-refractivity contribution in [1.82, 2.24) is 0 Å². The molecule has 4 N–H and O–H groups in total. The fraction of sp³-hybridized carbons (Fsp3) is 0.222. The molecule has 0 saturated heterocycles. The molecule has 14 heavy (non-hydrogen) atoms. The van der Waals surface area contributed by atoms with Gasteiger partial charge in [-0.2, -0.15) is 5.11 Å². The van der Waals surface area contributed by atoms with Crippen LogP contribution in [0.3, 0.4) is 0 Å². The summed E-state index contributed by atoms with van der Waals surface area (Å²) in [6.45, 7) is 0. The third-order valence-electron chi connectivity index (χ3n) is 1.77. The van der Waals surface area contributed by atoms with E-state index in [0.29, 0.717) is 5.56 Å². The number of phenols is 1. The lowest BCUT2D eigenvalue weighted by Crippen LogP contribution is -2.48. The van der Waals surface area contributed by atoms with Crippen molar-refractivity contribution in [1.29, 1.82) is 0 Å². The second-order valence-electron chi connectivity index (χ2n) is 3.04. The highest BCUT2D eigenvalue weighted by molar-refractivity contribution is 5.76. The minimum Gasteiger partial charge on any atom is -0.508 e. The number of phenolic OH excluding ortho intramolecular Hbond substituents is 1. The molecule has 0 heterocycles. The Morgan fingerprint density at radius 2 is 1.86 bits per heavy atom. The van der Waals surface area contributed by atoms with Crippen LogP contribution in [0.25, 0.3) is 0 Å². The second-order valence-corrected chi connectivity index (χ2v) is 3.04. The van der Waals surface area contributed by atoms with Crippen molar-refractivity contribution in [2.45, 2.75) is 12.1 Å². The monoisotopic (exact) mass is 196 g/mol. The van der Waals surface area contributed by atoms with Gasteiger partial charge in [-0.3, -0.25) is 5.73 Å². The maximum Gasteiger partial charge on any atom is 0.354 e. The van der Waals surface area contributed by atoms with Gasteiger partial charge in [-0.15, -0.1) is 0 Å². The zero-order valence-electron chi connectivity index (χ0n) is 7.30. The molecule has 0 aliphatic heterocycles. The Morgan fingerprint density at radius 3 is 2.29 bits per heavy atom. The van der Waals surface area contributed by atoms with Crippen LogP contribution >= 0.6 is 0 Å². The van der Waals surface area contributed by atoms with Crippen molar-refractivity contribution in [2.24, 2.45) is 5.73 Å². The fourth-order valence-corrected chi connectivity index (χ4v) is 0.993. The first-order chi connectivity index (χ1) is 6.42. The summed E-state index contributed by atoms with van der Waals surface area (Å²) in [6.07, 6.45) is -0.317. The van der Waals surface area contributed by atoms with Gasteiger partial charge in [-0.25, -0.2) is 4.79 Å². The van der Waals surface area contributed by atoms with E-state index in [4.69, 9.17) is 15.9 Å². The lowest BCUT2D eigenvalue weighted by Gasteiger charge is -2.14. The number of rotatable bonds is 3. The van der Waals surface area contributed by atoms with Crippen LogP contribution in [-0.2, 0) is 16.3 Å². The zero-order chi connectivity index (χ0) is 10.8. The lowest BCUT2D eigenvalue weighted by molar-refractivity contribution is -0.165. The van der Waals surface area contributed by atoms with E-state index >= 15 is 0 Å². The molecule has 0 saturated carbocycles. The first kappa shape index (κ1) is 10.5. The standard InChI is InChI=1S/C9H10NO4/c10-9(14,8(12)13)5-6-1-3-7(11)4-2-6/h1-4,11H,5,10H2,(H,12,13)/t9-/m1/s1. The highest BCUT2D eigenvalue weighted by atomic mass is 16.4. The highest BCUT2D eigenvalue weighted by Gasteiger charge is 2.33. The molecular weight excluding hydrogens is 186 g/mol. The maximum absolute atomic E-state index is 11.2. The Kier molecular flexibility index (Phi) is 2.73. The Hall–Kier alpha value is -1.59. The molecule has 0 amide bonds. The van der Waals surface area contributed by atoms with Gasteiger partial charge in [0.1, 0.15) is 5.75 Å². The third-order valence-corrected chi connectivity index (χ3v) is 1.77. The van der Waals surface area contributed by atoms with E-state index < -0.39 is 11.7 Å². The quantitative estimate of drug-likeness (QED) is 0.596. The number of carboxylic acid groups (broad SMARTS) is 1. The van der Waals surface area contributed by atoms with Gasteiger partial charge in [0.25, 0.3) is 5.72 Å². The largest absolute Gasteiger partial charge is 0.508 e. The van der Waals surface area contributed by atoms with E-state index in [1.165, 1.54) is 24.3 Å². The van der Waals surface area contributed by atoms with Crippen LogP contribution in [0.1, 0.15) is 5.56 Å². The molecule has 1 atom stereocenters. The molecule has 1 radical (unpaired) electrons. The first-order valence-corrected chi connectivity index (χ1v) is 3.92. The van der Waals surface area contributed by atoms with Crippen LogP contribution in [0.5, 0.6) is 5.75 Å². The summed E-state index contributed by atoms with van der Waals surface area (Å²) in [4.78, 5) is 10.4. The van der Waals surface area contributed by atoms with Gasteiger partial charge in [0.05, 0.1) is 0 Å². The molecule has 5 nitrogen and oxygen atoms in total. The SMILES string of the molecule is N[C@@]([O])(Cc1ccc(O)cc1)C(=O)O. The number of aliphatic carboxylic acids is 1. The van der Waals surface area contributed by atoms with E-state index in [1.807, 2.05) is 0 Å². The zero-order valence-corrected chi connectivity index (χ0v) is 7.30. The number of carbonyl (C=O) groups is 1. The van der Waals surface area contributed by atoms with Crippen molar-refractivity contribution in [3.63, 3.8) is 0 Å². The summed E-state index contributed by atoms with van der Waals surface area (Å²) >= 11 is 0. The summed E-state index contributed by atoms with van der Waals surface area (Å²) in [7, 11) is 0. The van der Waals surface area contributed by atoms with E-state index in [-0.39, 0.29) is 12.2 Å². The average Bonchev–Trinajstić information content (AvgIpc) is 2.08. The summed E-state index contributed by atoms with van der Waals surface area (Å²) in [6, 6.07) is 5.65. The Morgan fingerprint density at radius 1 is 1.36 bits per heavy atom. The van der Waals surface area contributed by atoms with Crippen molar-refractivity contribution in [2.75, 3.05) is 0 Å². The lowest BCUT2D eigenvalue weighted by atomic mass is 10.0. The highest BCUT2D eigenvalue weighted by Crippen LogP contribution is 2.14. The number of carboxylic acids is 1. The van der Waals surface area contributed by atoms with Crippen molar-refractivity contribution >= 4 is 5.97 Å². The third kappa shape index (κ3) is 2.45. The minimum absolute atomic E-state index is 0.0533. The number of benzene rings is 1. The topological polar surface area (TPSA) is 103 Å². The molecule has 0 unspecified atom stereocenters. The molecule has 0 bridgehead atoms. The molecule has 5 heteroatoms. The molecule has 1 aromatic rings. The number of hydrogen-bond acceptors (Lipinski definition) is 3. The molecular formula is C9H10NO4. The predicted molar refractivity (Wildman–Crippen MR) is 47.1 cm³/mol. The predicted octanol–water partition coefficient (Wildman–Crippen LogP) is 0.105. The van der Waals surface area contributed by atoms with Gasteiger partial charge in [0, 0.05) is 6.42 Å². The molecule has 1 aromatic carbocycles. The summed E-state index contributed by atoms with van der Waals surface area (Å²) in [5.74, 6) is -1.54. The summed E-state index contributed by atoms with van der Waals surface area (Å²) in [5.41, 5.74) is 2.97. The van der Waals surface area contributed by atoms with Crippen LogP contribution in [0, 0.1) is 0 Å². The van der Waals surface area contributed by atoms with E-state index in [1.54, 1.807) is 0 Å². The second kappa shape index (κ2) is 3.65. The van der Waals surface area contributed by atoms with Gasteiger partial charge < -0.3 is 10.2 Å².